The van der Waals surface area contributed by atoms with E-state index in [1.807, 2.05) is 13.0 Å². The van der Waals surface area contributed by atoms with Crippen molar-refractivity contribution in [3.05, 3.63) is 58.1 Å². The van der Waals surface area contributed by atoms with Crippen molar-refractivity contribution in [1.29, 1.82) is 0 Å². The summed E-state index contributed by atoms with van der Waals surface area (Å²) < 4.78 is 33.5. The highest BCUT2D eigenvalue weighted by Crippen LogP contribution is 2.29. The van der Waals surface area contributed by atoms with E-state index in [0.29, 0.717) is 5.02 Å². The molecule has 0 amide bonds. The van der Waals surface area contributed by atoms with Gasteiger partial charge < -0.3 is 4.74 Å². The van der Waals surface area contributed by atoms with Crippen LogP contribution < -0.4 is 9.46 Å². The highest BCUT2D eigenvalue weighted by molar-refractivity contribution is 7.89. The molecular formula is C19H22ClNO3S. The average molecular weight is 380 g/mol. The summed E-state index contributed by atoms with van der Waals surface area (Å²) in [5.74, 6) is 0.273. The smallest absolute Gasteiger partial charge is 0.244 e. The predicted octanol–water partition coefficient (Wildman–Crippen LogP) is 4.27. The van der Waals surface area contributed by atoms with Crippen LogP contribution in [-0.4, -0.2) is 15.5 Å². The molecule has 134 valence electrons. The first kappa shape index (κ1) is 18.2. The van der Waals surface area contributed by atoms with E-state index in [0.717, 1.165) is 18.4 Å². The van der Waals surface area contributed by atoms with Crippen molar-refractivity contribution < 1.29 is 13.2 Å². The van der Waals surface area contributed by atoms with Gasteiger partial charge in [-0.15, -0.1) is 0 Å². The summed E-state index contributed by atoms with van der Waals surface area (Å²) in [6.45, 7) is 1.85. The third-order valence-electron chi connectivity index (χ3n) is 4.62. The van der Waals surface area contributed by atoms with E-state index >= 15 is 0 Å². The Labute approximate surface area is 154 Å². The molecule has 1 atom stereocenters. The molecule has 3 rings (SSSR count). The van der Waals surface area contributed by atoms with Crippen LogP contribution in [-0.2, 0) is 22.9 Å². The van der Waals surface area contributed by atoms with Crippen molar-refractivity contribution in [3.63, 3.8) is 0 Å². The molecule has 0 unspecified atom stereocenters. The Kier molecular flexibility index (Phi) is 5.37. The standard InChI is InChI=1S/C19H22ClNO3S/c1-13(15-8-7-14-5-3-4-6-16(14)11-15)21-25(22,23)19-12-17(20)9-10-18(19)24-2/h7-13,21H,3-6H2,1-2H3/t13-/m0/s1. The van der Waals surface area contributed by atoms with Crippen molar-refractivity contribution in [2.45, 2.75) is 43.5 Å². The number of rotatable bonds is 5. The van der Waals surface area contributed by atoms with Gasteiger partial charge in [0.25, 0.3) is 0 Å². The number of halogens is 1. The van der Waals surface area contributed by atoms with Crippen molar-refractivity contribution in [1.82, 2.24) is 4.72 Å². The summed E-state index contributed by atoms with van der Waals surface area (Å²) in [5.41, 5.74) is 3.67. The fourth-order valence-electron chi connectivity index (χ4n) is 3.25. The SMILES string of the molecule is COc1ccc(Cl)cc1S(=O)(=O)N[C@@H](C)c1ccc2c(c1)CCCC2. The maximum atomic E-state index is 12.8. The number of benzene rings is 2. The molecule has 0 heterocycles. The molecule has 0 aromatic heterocycles. The van der Waals surface area contributed by atoms with Crippen molar-refractivity contribution in [2.75, 3.05) is 7.11 Å². The predicted molar refractivity (Wildman–Crippen MR) is 99.8 cm³/mol. The number of methoxy groups -OCH3 is 1. The summed E-state index contributed by atoms with van der Waals surface area (Å²) in [4.78, 5) is 0.0484. The topological polar surface area (TPSA) is 55.4 Å². The molecule has 0 spiro atoms. The van der Waals surface area contributed by atoms with Crippen LogP contribution in [0.1, 0.15) is 42.5 Å². The van der Waals surface area contributed by atoms with E-state index in [2.05, 4.69) is 16.9 Å². The first-order valence-electron chi connectivity index (χ1n) is 8.38. The zero-order chi connectivity index (χ0) is 18.0. The van der Waals surface area contributed by atoms with Crippen LogP contribution in [0.2, 0.25) is 5.02 Å². The monoisotopic (exact) mass is 379 g/mol. The van der Waals surface area contributed by atoms with Gasteiger partial charge in [-0.2, -0.15) is 0 Å². The highest BCUT2D eigenvalue weighted by Gasteiger charge is 2.23. The van der Waals surface area contributed by atoms with Crippen LogP contribution >= 0.6 is 11.6 Å². The normalized spacial score (nSPS) is 15.5. The van der Waals surface area contributed by atoms with Crippen LogP contribution in [0.3, 0.4) is 0 Å². The van der Waals surface area contributed by atoms with Crippen LogP contribution in [0, 0.1) is 0 Å². The highest BCUT2D eigenvalue weighted by atomic mass is 35.5. The Hall–Kier alpha value is -1.56. The minimum atomic E-state index is -3.75. The first-order valence-corrected chi connectivity index (χ1v) is 10.2. The maximum Gasteiger partial charge on any atom is 0.244 e. The lowest BCUT2D eigenvalue weighted by atomic mass is 9.89. The number of nitrogens with one attached hydrogen (secondary N) is 1. The number of aryl methyl sites for hydroxylation is 2. The van der Waals surface area contributed by atoms with E-state index in [9.17, 15) is 8.42 Å². The molecule has 6 heteroatoms. The lowest BCUT2D eigenvalue weighted by molar-refractivity contribution is 0.402. The molecule has 2 aromatic carbocycles. The van der Waals surface area contributed by atoms with Gasteiger partial charge in [-0.05, 0) is 67.5 Å². The van der Waals surface area contributed by atoms with Crippen molar-refractivity contribution >= 4 is 21.6 Å². The van der Waals surface area contributed by atoms with E-state index in [4.69, 9.17) is 16.3 Å². The number of hydrogen-bond acceptors (Lipinski definition) is 3. The third kappa shape index (κ3) is 4.00. The molecule has 2 aromatic rings. The Bertz CT molecular complexity index is 880. The van der Waals surface area contributed by atoms with Gasteiger partial charge in [0.2, 0.25) is 10.0 Å². The maximum absolute atomic E-state index is 12.8. The summed E-state index contributed by atoms with van der Waals surface area (Å²) in [6, 6.07) is 10.5. The average Bonchev–Trinajstić information content (AvgIpc) is 2.61. The second kappa shape index (κ2) is 7.36. The van der Waals surface area contributed by atoms with Crippen LogP contribution in [0.5, 0.6) is 5.75 Å². The number of hydrogen-bond donors (Lipinski definition) is 1. The molecule has 1 aliphatic carbocycles. The second-order valence-corrected chi connectivity index (χ2v) is 8.49. The van der Waals surface area contributed by atoms with Gasteiger partial charge in [-0.3, -0.25) is 0 Å². The van der Waals surface area contributed by atoms with Crippen LogP contribution in [0.15, 0.2) is 41.3 Å². The minimum Gasteiger partial charge on any atom is -0.495 e. The largest absolute Gasteiger partial charge is 0.495 e. The molecule has 0 aliphatic heterocycles. The molecule has 25 heavy (non-hydrogen) atoms. The van der Waals surface area contributed by atoms with Gasteiger partial charge in [0.05, 0.1) is 7.11 Å². The van der Waals surface area contributed by atoms with E-state index in [-0.39, 0.29) is 16.7 Å². The number of sulfonamides is 1. The fraction of sp³-hybridized carbons (Fsp3) is 0.368. The Morgan fingerprint density at radius 1 is 1.08 bits per heavy atom. The van der Waals surface area contributed by atoms with E-state index < -0.39 is 10.0 Å². The summed E-state index contributed by atoms with van der Waals surface area (Å²) >= 11 is 5.97. The van der Waals surface area contributed by atoms with E-state index in [1.54, 1.807) is 12.1 Å². The van der Waals surface area contributed by atoms with Gasteiger partial charge in [0.1, 0.15) is 10.6 Å². The van der Waals surface area contributed by atoms with Crippen LogP contribution in [0.25, 0.3) is 0 Å². The molecule has 0 saturated heterocycles. The Morgan fingerprint density at radius 3 is 2.52 bits per heavy atom. The summed E-state index contributed by atoms with van der Waals surface area (Å²) in [5, 5.41) is 0.350. The van der Waals surface area contributed by atoms with Gasteiger partial charge in [0, 0.05) is 11.1 Å². The lowest BCUT2D eigenvalue weighted by Crippen LogP contribution is -2.27. The van der Waals surface area contributed by atoms with Crippen molar-refractivity contribution in [2.24, 2.45) is 0 Å². The lowest BCUT2D eigenvalue weighted by Gasteiger charge is -2.20. The molecule has 1 aliphatic rings. The molecule has 0 saturated carbocycles. The Morgan fingerprint density at radius 2 is 1.80 bits per heavy atom. The third-order valence-corrected chi connectivity index (χ3v) is 6.42. The van der Waals surface area contributed by atoms with Crippen molar-refractivity contribution in [3.8, 4) is 5.75 Å². The Balaban J connectivity index is 1.87. The first-order chi connectivity index (χ1) is 11.9. The summed E-state index contributed by atoms with van der Waals surface area (Å²) in [6.07, 6.45) is 4.58. The quantitative estimate of drug-likeness (QED) is 0.844. The summed E-state index contributed by atoms with van der Waals surface area (Å²) in [7, 11) is -2.31. The molecule has 1 N–H and O–H groups in total. The van der Waals surface area contributed by atoms with Gasteiger partial charge in [0.15, 0.2) is 0 Å². The van der Waals surface area contributed by atoms with Gasteiger partial charge >= 0.3 is 0 Å². The molecule has 0 fully saturated rings. The zero-order valence-electron chi connectivity index (χ0n) is 14.4. The fourth-order valence-corrected chi connectivity index (χ4v) is 4.91. The number of fused-ring (bicyclic) bond motifs is 1. The second-order valence-electron chi connectivity index (χ2n) is 6.37. The molecule has 4 nitrogen and oxygen atoms in total. The zero-order valence-corrected chi connectivity index (χ0v) is 16.0. The molecule has 0 radical (unpaired) electrons. The van der Waals surface area contributed by atoms with Gasteiger partial charge in [-0.25, -0.2) is 13.1 Å². The molecule has 0 bridgehead atoms. The van der Waals surface area contributed by atoms with Gasteiger partial charge in [-0.1, -0.05) is 29.8 Å². The number of ether oxygens (including phenoxy) is 1. The van der Waals surface area contributed by atoms with Crippen LogP contribution in [0.4, 0.5) is 0 Å². The molecular weight excluding hydrogens is 358 g/mol. The van der Waals surface area contributed by atoms with E-state index in [1.165, 1.54) is 37.1 Å². The minimum absolute atomic E-state index is 0.0484.